The highest BCUT2D eigenvalue weighted by atomic mass is 16.5. The minimum absolute atomic E-state index is 0.165. The summed E-state index contributed by atoms with van der Waals surface area (Å²) >= 11 is 0. The second kappa shape index (κ2) is 6.41. The van der Waals surface area contributed by atoms with Gasteiger partial charge in [0.1, 0.15) is 0 Å². The van der Waals surface area contributed by atoms with E-state index in [0.29, 0.717) is 6.10 Å². The molecule has 92 valence electrons. The maximum absolute atomic E-state index is 6.35. The molecular weight excluding hydrogens is 198 g/mol. The maximum Gasteiger partial charge on any atom is 0.0764 e. The number of nitrogens with two attached hydrogens (primary N) is 1. The van der Waals surface area contributed by atoms with Crippen molar-refractivity contribution in [3.63, 3.8) is 0 Å². The molecule has 1 heterocycles. The van der Waals surface area contributed by atoms with Gasteiger partial charge in [0.05, 0.1) is 12.1 Å². The zero-order valence-electron chi connectivity index (χ0n) is 10.3. The fourth-order valence-corrected chi connectivity index (χ4v) is 2.81. The van der Waals surface area contributed by atoms with Gasteiger partial charge >= 0.3 is 0 Å². The van der Waals surface area contributed by atoms with Gasteiger partial charge in [-0.2, -0.15) is 0 Å². The molecule has 0 aromatic carbocycles. The van der Waals surface area contributed by atoms with Crippen molar-refractivity contribution in [1.82, 2.24) is 0 Å². The molecule has 2 atom stereocenters. The van der Waals surface area contributed by atoms with Gasteiger partial charge in [0.2, 0.25) is 0 Å². The van der Waals surface area contributed by atoms with Crippen molar-refractivity contribution in [3.05, 3.63) is 11.6 Å². The molecule has 0 amide bonds. The molecule has 0 radical (unpaired) electrons. The van der Waals surface area contributed by atoms with Crippen molar-refractivity contribution < 1.29 is 4.74 Å². The van der Waals surface area contributed by atoms with E-state index < -0.39 is 0 Å². The Morgan fingerprint density at radius 2 is 2.00 bits per heavy atom. The van der Waals surface area contributed by atoms with Crippen LogP contribution in [-0.4, -0.2) is 18.8 Å². The Morgan fingerprint density at radius 1 is 1.12 bits per heavy atom. The summed E-state index contributed by atoms with van der Waals surface area (Å²) in [5.41, 5.74) is 7.81. The Kier molecular flexibility index (Phi) is 4.86. The lowest BCUT2D eigenvalue weighted by Gasteiger charge is -2.30. The largest absolute Gasteiger partial charge is 0.376 e. The summed E-state index contributed by atoms with van der Waals surface area (Å²) in [6.45, 7) is 0.908. The molecule has 2 nitrogen and oxygen atoms in total. The Bertz CT molecular complexity index is 231. The predicted molar refractivity (Wildman–Crippen MR) is 67.4 cm³/mol. The molecule has 0 bridgehead atoms. The number of rotatable bonds is 2. The van der Waals surface area contributed by atoms with Gasteiger partial charge in [-0.25, -0.2) is 0 Å². The number of hydrogen-bond acceptors (Lipinski definition) is 2. The van der Waals surface area contributed by atoms with Crippen LogP contribution in [0.5, 0.6) is 0 Å². The molecule has 0 spiro atoms. The standard InChI is InChI=1S/C14H25NO/c15-14(13-10-6-7-11-16-13)12-8-4-2-1-3-5-9-12/h8,13-14H,1-7,9-11,15H2. The molecule has 1 aliphatic carbocycles. The summed E-state index contributed by atoms with van der Waals surface area (Å²) in [4.78, 5) is 0. The van der Waals surface area contributed by atoms with E-state index in [1.54, 1.807) is 0 Å². The molecule has 1 fully saturated rings. The van der Waals surface area contributed by atoms with Gasteiger partial charge in [0, 0.05) is 6.61 Å². The van der Waals surface area contributed by atoms with Crippen molar-refractivity contribution in [2.24, 2.45) is 5.73 Å². The zero-order chi connectivity index (χ0) is 11.2. The summed E-state index contributed by atoms with van der Waals surface area (Å²) in [6, 6.07) is 0.165. The van der Waals surface area contributed by atoms with E-state index in [2.05, 4.69) is 6.08 Å². The SMILES string of the molecule is NC(C1=CCCCCCC1)C1CCCCO1. The summed E-state index contributed by atoms with van der Waals surface area (Å²) in [5.74, 6) is 0. The van der Waals surface area contributed by atoms with Gasteiger partial charge in [0.25, 0.3) is 0 Å². The Labute approximate surface area is 99.2 Å². The number of allylic oxidation sites excluding steroid dienone is 1. The van der Waals surface area contributed by atoms with Crippen LogP contribution in [-0.2, 0) is 4.74 Å². The first-order valence-electron chi connectivity index (χ1n) is 6.94. The topological polar surface area (TPSA) is 35.2 Å². The van der Waals surface area contributed by atoms with Crippen molar-refractivity contribution in [1.29, 1.82) is 0 Å². The van der Waals surface area contributed by atoms with Gasteiger partial charge in [-0.05, 0) is 44.9 Å². The van der Waals surface area contributed by atoms with Crippen LogP contribution in [0.3, 0.4) is 0 Å². The average molecular weight is 223 g/mol. The van der Waals surface area contributed by atoms with E-state index >= 15 is 0 Å². The van der Waals surface area contributed by atoms with Crippen LogP contribution in [0, 0.1) is 0 Å². The fourth-order valence-electron chi connectivity index (χ4n) is 2.81. The molecule has 1 aliphatic heterocycles. The molecule has 0 aromatic heterocycles. The average Bonchev–Trinajstić information content (AvgIpc) is 2.29. The Hall–Kier alpha value is -0.340. The maximum atomic E-state index is 6.35. The number of hydrogen-bond donors (Lipinski definition) is 1. The van der Waals surface area contributed by atoms with Crippen LogP contribution in [0.2, 0.25) is 0 Å². The Morgan fingerprint density at radius 3 is 2.81 bits per heavy atom. The van der Waals surface area contributed by atoms with E-state index in [4.69, 9.17) is 10.5 Å². The van der Waals surface area contributed by atoms with E-state index in [1.807, 2.05) is 0 Å². The predicted octanol–water partition coefficient (Wildman–Crippen LogP) is 3.16. The quantitative estimate of drug-likeness (QED) is 0.730. The van der Waals surface area contributed by atoms with Crippen LogP contribution in [0.1, 0.15) is 57.8 Å². The summed E-state index contributed by atoms with van der Waals surface area (Å²) in [6.07, 6.45) is 14.1. The van der Waals surface area contributed by atoms with Gasteiger partial charge in [0.15, 0.2) is 0 Å². The van der Waals surface area contributed by atoms with Crippen LogP contribution in [0.15, 0.2) is 11.6 Å². The van der Waals surface area contributed by atoms with Gasteiger partial charge < -0.3 is 10.5 Å². The smallest absolute Gasteiger partial charge is 0.0764 e. The first-order chi connectivity index (χ1) is 7.88. The normalized spacial score (nSPS) is 30.1. The molecule has 2 aliphatic rings. The van der Waals surface area contributed by atoms with Gasteiger partial charge in [-0.3, -0.25) is 0 Å². The fraction of sp³-hybridized carbons (Fsp3) is 0.857. The third-order valence-corrected chi connectivity index (χ3v) is 3.87. The minimum atomic E-state index is 0.165. The van der Waals surface area contributed by atoms with Crippen LogP contribution in [0.4, 0.5) is 0 Å². The second-order valence-corrected chi connectivity index (χ2v) is 5.16. The lowest BCUT2D eigenvalue weighted by molar-refractivity contribution is 0.00651. The third kappa shape index (κ3) is 3.33. The van der Waals surface area contributed by atoms with E-state index in [0.717, 1.165) is 13.0 Å². The molecule has 1 saturated heterocycles. The van der Waals surface area contributed by atoms with Crippen molar-refractivity contribution in [2.45, 2.75) is 69.9 Å². The highest BCUT2D eigenvalue weighted by Gasteiger charge is 2.24. The van der Waals surface area contributed by atoms with E-state index in [-0.39, 0.29) is 6.04 Å². The van der Waals surface area contributed by atoms with Crippen molar-refractivity contribution in [2.75, 3.05) is 6.61 Å². The van der Waals surface area contributed by atoms with E-state index in [1.165, 1.54) is 56.9 Å². The molecular formula is C14H25NO. The molecule has 2 unspecified atom stereocenters. The van der Waals surface area contributed by atoms with Crippen LogP contribution >= 0.6 is 0 Å². The minimum Gasteiger partial charge on any atom is -0.376 e. The molecule has 2 N–H and O–H groups in total. The van der Waals surface area contributed by atoms with E-state index in [9.17, 15) is 0 Å². The van der Waals surface area contributed by atoms with Gasteiger partial charge in [-0.1, -0.05) is 24.5 Å². The molecule has 0 aromatic rings. The zero-order valence-corrected chi connectivity index (χ0v) is 10.3. The summed E-state index contributed by atoms with van der Waals surface area (Å²) in [5, 5.41) is 0. The molecule has 2 heteroatoms. The lowest BCUT2D eigenvalue weighted by atomic mass is 9.90. The molecule has 0 saturated carbocycles. The third-order valence-electron chi connectivity index (χ3n) is 3.87. The highest BCUT2D eigenvalue weighted by molar-refractivity contribution is 5.13. The second-order valence-electron chi connectivity index (χ2n) is 5.16. The lowest BCUT2D eigenvalue weighted by Crippen LogP contribution is -2.40. The number of ether oxygens (including phenoxy) is 1. The highest BCUT2D eigenvalue weighted by Crippen LogP contribution is 2.24. The van der Waals surface area contributed by atoms with Crippen molar-refractivity contribution >= 4 is 0 Å². The van der Waals surface area contributed by atoms with Crippen molar-refractivity contribution in [3.8, 4) is 0 Å². The van der Waals surface area contributed by atoms with Crippen LogP contribution in [0.25, 0.3) is 0 Å². The first-order valence-corrected chi connectivity index (χ1v) is 6.94. The first kappa shape index (κ1) is 12.1. The monoisotopic (exact) mass is 223 g/mol. The Balaban J connectivity index is 1.92. The van der Waals surface area contributed by atoms with Crippen LogP contribution < -0.4 is 5.73 Å². The van der Waals surface area contributed by atoms with Gasteiger partial charge in [-0.15, -0.1) is 0 Å². The summed E-state index contributed by atoms with van der Waals surface area (Å²) in [7, 11) is 0. The molecule has 16 heavy (non-hydrogen) atoms. The molecule has 2 rings (SSSR count). The summed E-state index contributed by atoms with van der Waals surface area (Å²) < 4.78 is 5.80.